The van der Waals surface area contributed by atoms with E-state index in [2.05, 4.69) is 0 Å². The van der Waals surface area contributed by atoms with Crippen molar-refractivity contribution in [1.29, 1.82) is 0 Å². The summed E-state index contributed by atoms with van der Waals surface area (Å²) >= 11 is 23.6. The number of alkyl halides is 2. The first-order valence-corrected chi connectivity index (χ1v) is 6.64. The van der Waals surface area contributed by atoms with Crippen molar-refractivity contribution in [2.45, 2.75) is 6.43 Å². The molecule has 0 aromatic heterocycles. The first-order valence-electron chi connectivity index (χ1n) is 5.12. The molecular formula is C13H6Cl4F2. The maximum absolute atomic E-state index is 13.0. The van der Waals surface area contributed by atoms with Crippen LogP contribution in [0.2, 0.25) is 20.1 Å². The van der Waals surface area contributed by atoms with Crippen molar-refractivity contribution in [2.24, 2.45) is 0 Å². The minimum Gasteiger partial charge on any atom is -0.205 e. The van der Waals surface area contributed by atoms with Crippen molar-refractivity contribution in [3.63, 3.8) is 0 Å². The van der Waals surface area contributed by atoms with Crippen LogP contribution in [-0.4, -0.2) is 0 Å². The Hall–Kier alpha value is -0.540. The zero-order valence-corrected chi connectivity index (χ0v) is 12.3. The molecule has 2 aromatic rings. The van der Waals surface area contributed by atoms with E-state index in [0.29, 0.717) is 10.6 Å². The van der Waals surface area contributed by atoms with Crippen molar-refractivity contribution < 1.29 is 8.78 Å². The van der Waals surface area contributed by atoms with Crippen LogP contribution in [0.1, 0.15) is 12.0 Å². The number of hydrogen-bond donors (Lipinski definition) is 0. The quantitative estimate of drug-likeness (QED) is 0.521. The molecule has 0 saturated heterocycles. The standard InChI is InChI=1S/C13H6Cl4F2/c14-6-1-2-7(13(18)19)8(3-6)9-4-11(16)12(17)5-10(9)15/h1-5,13H. The van der Waals surface area contributed by atoms with Crippen LogP contribution >= 0.6 is 46.4 Å². The third kappa shape index (κ3) is 3.14. The van der Waals surface area contributed by atoms with Gasteiger partial charge in [0.05, 0.1) is 10.0 Å². The van der Waals surface area contributed by atoms with Gasteiger partial charge in [-0.3, -0.25) is 0 Å². The average Bonchev–Trinajstić information content (AvgIpc) is 2.33. The fraction of sp³-hybridized carbons (Fsp3) is 0.0769. The molecular weight excluding hydrogens is 336 g/mol. The smallest absolute Gasteiger partial charge is 0.205 e. The van der Waals surface area contributed by atoms with E-state index in [1.807, 2.05) is 0 Å². The molecule has 0 aliphatic carbocycles. The molecule has 0 aliphatic rings. The van der Waals surface area contributed by atoms with Crippen LogP contribution in [0.25, 0.3) is 11.1 Å². The van der Waals surface area contributed by atoms with Crippen molar-refractivity contribution in [2.75, 3.05) is 0 Å². The summed E-state index contributed by atoms with van der Waals surface area (Å²) in [6, 6.07) is 6.95. The lowest BCUT2D eigenvalue weighted by molar-refractivity contribution is 0.152. The molecule has 0 atom stereocenters. The summed E-state index contributed by atoms with van der Waals surface area (Å²) < 4.78 is 26.0. The Morgan fingerprint density at radius 1 is 0.737 bits per heavy atom. The zero-order valence-electron chi connectivity index (χ0n) is 9.23. The molecule has 0 spiro atoms. The van der Waals surface area contributed by atoms with Gasteiger partial charge in [0, 0.05) is 21.2 Å². The normalized spacial score (nSPS) is 11.1. The molecule has 0 aliphatic heterocycles. The molecule has 0 bridgehead atoms. The third-order valence-corrected chi connectivity index (χ3v) is 3.82. The highest BCUT2D eigenvalue weighted by atomic mass is 35.5. The lowest BCUT2D eigenvalue weighted by Gasteiger charge is -2.12. The maximum Gasteiger partial charge on any atom is 0.264 e. The van der Waals surface area contributed by atoms with Gasteiger partial charge in [-0.2, -0.15) is 0 Å². The van der Waals surface area contributed by atoms with E-state index in [9.17, 15) is 8.78 Å². The third-order valence-electron chi connectivity index (χ3n) is 2.55. The molecule has 0 fully saturated rings. The van der Waals surface area contributed by atoms with Crippen LogP contribution in [0, 0.1) is 0 Å². The highest BCUT2D eigenvalue weighted by Crippen LogP contribution is 2.40. The Bertz CT molecular complexity index is 626. The maximum atomic E-state index is 13.0. The molecule has 6 heteroatoms. The molecule has 0 amide bonds. The van der Waals surface area contributed by atoms with Gasteiger partial charge >= 0.3 is 0 Å². The number of hydrogen-bond acceptors (Lipinski definition) is 0. The van der Waals surface area contributed by atoms with Gasteiger partial charge in [0.25, 0.3) is 6.43 Å². The van der Waals surface area contributed by atoms with Crippen LogP contribution in [0.3, 0.4) is 0 Å². The second kappa shape index (κ2) is 5.84. The van der Waals surface area contributed by atoms with E-state index in [-0.39, 0.29) is 26.2 Å². The van der Waals surface area contributed by atoms with Crippen molar-refractivity contribution in [3.8, 4) is 11.1 Å². The first kappa shape index (κ1) is 14.9. The monoisotopic (exact) mass is 340 g/mol. The topological polar surface area (TPSA) is 0 Å². The number of rotatable bonds is 2. The second-order valence-electron chi connectivity index (χ2n) is 3.78. The van der Waals surface area contributed by atoms with Gasteiger partial charge in [-0.25, -0.2) is 8.78 Å². The first-order chi connectivity index (χ1) is 8.90. The average molecular weight is 342 g/mol. The van der Waals surface area contributed by atoms with E-state index in [1.54, 1.807) is 0 Å². The van der Waals surface area contributed by atoms with E-state index < -0.39 is 6.43 Å². The van der Waals surface area contributed by atoms with Crippen LogP contribution in [0.5, 0.6) is 0 Å². The number of benzene rings is 2. The zero-order chi connectivity index (χ0) is 14.2. The van der Waals surface area contributed by atoms with E-state index in [1.165, 1.54) is 30.3 Å². The van der Waals surface area contributed by atoms with Crippen LogP contribution < -0.4 is 0 Å². The molecule has 0 N–H and O–H groups in total. The van der Waals surface area contributed by atoms with Gasteiger partial charge in [-0.05, 0) is 29.8 Å². The van der Waals surface area contributed by atoms with Gasteiger partial charge in [0.1, 0.15) is 0 Å². The molecule has 0 nitrogen and oxygen atoms in total. The Balaban J connectivity index is 2.71. The van der Waals surface area contributed by atoms with Gasteiger partial charge in [-0.1, -0.05) is 52.5 Å². The minimum atomic E-state index is -2.64. The SMILES string of the molecule is FC(F)c1ccc(Cl)cc1-c1cc(Cl)c(Cl)cc1Cl. The summed E-state index contributed by atoms with van der Waals surface area (Å²) in [5.41, 5.74) is 0.449. The van der Waals surface area contributed by atoms with Crippen molar-refractivity contribution in [1.82, 2.24) is 0 Å². The molecule has 0 heterocycles. The summed E-state index contributed by atoms with van der Waals surface area (Å²) in [7, 11) is 0. The number of halogens is 6. The Morgan fingerprint density at radius 2 is 1.37 bits per heavy atom. The molecule has 0 saturated carbocycles. The minimum absolute atomic E-state index is 0.162. The van der Waals surface area contributed by atoms with Crippen LogP contribution in [-0.2, 0) is 0 Å². The molecule has 19 heavy (non-hydrogen) atoms. The highest BCUT2D eigenvalue weighted by molar-refractivity contribution is 6.44. The molecule has 2 aromatic carbocycles. The lowest BCUT2D eigenvalue weighted by Crippen LogP contribution is -1.91. The van der Waals surface area contributed by atoms with Crippen LogP contribution in [0.4, 0.5) is 8.78 Å². The van der Waals surface area contributed by atoms with Gasteiger partial charge in [0.2, 0.25) is 0 Å². The van der Waals surface area contributed by atoms with E-state index in [0.717, 1.165) is 0 Å². The van der Waals surface area contributed by atoms with Gasteiger partial charge in [0.15, 0.2) is 0 Å². The second-order valence-corrected chi connectivity index (χ2v) is 5.44. The molecule has 0 radical (unpaired) electrons. The van der Waals surface area contributed by atoms with Crippen molar-refractivity contribution in [3.05, 3.63) is 56.0 Å². The van der Waals surface area contributed by atoms with Crippen LogP contribution in [0.15, 0.2) is 30.3 Å². The summed E-state index contributed by atoms with van der Waals surface area (Å²) in [6.45, 7) is 0. The summed E-state index contributed by atoms with van der Waals surface area (Å²) in [5, 5.41) is 1.07. The Kier molecular flexibility index (Phi) is 4.57. The molecule has 0 unspecified atom stereocenters. The lowest BCUT2D eigenvalue weighted by atomic mass is 10.00. The van der Waals surface area contributed by atoms with Gasteiger partial charge < -0.3 is 0 Å². The molecule has 100 valence electrons. The van der Waals surface area contributed by atoms with Gasteiger partial charge in [-0.15, -0.1) is 0 Å². The van der Waals surface area contributed by atoms with E-state index in [4.69, 9.17) is 46.4 Å². The fourth-order valence-corrected chi connectivity index (χ4v) is 2.50. The van der Waals surface area contributed by atoms with E-state index >= 15 is 0 Å². The fourth-order valence-electron chi connectivity index (χ4n) is 1.68. The summed E-state index contributed by atoms with van der Waals surface area (Å²) in [6.07, 6.45) is -2.64. The summed E-state index contributed by atoms with van der Waals surface area (Å²) in [4.78, 5) is 0. The predicted molar refractivity (Wildman–Crippen MR) is 76.9 cm³/mol. The van der Waals surface area contributed by atoms with Crippen molar-refractivity contribution >= 4 is 46.4 Å². The Morgan fingerprint density at radius 3 is 2.00 bits per heavy atom. The Labute approximate surface area is 128 Å². The largest absolute Gasteiger partial charge is 0.264 e. The summed E-state index contributed by atoms with van der Waals surface area (Å²) in [5.74, 6) is 0. The molecule has 2 rings (SSSR count). The predicted octanol–water partition coefficient (Wildman–Crippen LogP) is 6.90. The highest BCUT2D eigenvalue weighted by Gasteiger charge is 2.17.